The van der Waals surface area contributed by atoms with Gasteiger partial charge in [0.05, 0.1) is 22.3 Å². The molecule has 4 rings (SSSR count). The average Bonchev–Trinajstić information content (AvgIpc) is 3.11. The summed E-state index contributed by atoms with van der Waals surface area (Å²) in [7, 11) is -3.66. The first-order chi connectivity index (χ1) is 13.7. The number of anilines is 1. The van der Waals surface area contributed by atoms with Crippen molar-refractivity contribution in [1.82, 2.24) is 9.55 Å². The largest absolute Gasteiger partial charge is 0.315 e. The molecule has 6 heteroatoms. The van der Waals surface area contributed by atoms with E-state index in [9.17, 15) is 8.42 Å². The Labute approximate surface area is 171 Å². The van der Waals surface area contributed by atoms with Crippen molar-refractivity contribution in [2.24, 2.45) is 0 Å². The van der Waals surface area contributed by atoms with Crippen LogP contribution in [0.3, 0.4) is 0 Å². The van der Waals surface area contributed by atoms with Crippen molar-refractivity contribution in [3.05, 3.63) is 84.8 Å². The molecule has 0 saturated carbocycles. The molecular formula is C23H23N3O2S. The van der Waals surface area contributed by atoms with E-state index in [0.717, 1.165) is 22.2 Å². The molecule has 2 heterocycles. The van der Waals surface area contributed by atoms with Gasteiger partial charge in [0.15, 0.2) is 0 Å². The number of rotatable bonds is 4. The number of hydrogen-bond acceptors (Lipinski definition) is 3. The van der Waals surface area contributed by atoms with Gasteiger partial charge in [-0.05, 0) is 59.5 Å². The van der Waals surface area contributed by atoms with E-state index >= 15 is 0 Å². The van der Waals surface area contributed by atoms with E-state index in [-0.39, 0.29) is 10.3 Å². The van der Waals surface area contributed by atoms with Crippen LogP contribution < -0.4 is 4.72 Å². The van der Waals surface area contributed by atoms with Gasteiger partial charge in [-0.2, -0.15) is 0 Å². The van der Waals surface area contributed by atoms with Crippen molar-refractivity contribution < 1.29 is 8.42 Å². The molecular weight excluding hydrogens is 382 g/mol. The van der Waals surface area contributed by atoms with Crippen LogP contribution in [0, 0.1) is 0 Å². The monoisotopic (exact) mass is 405 g/mol. The number of benzene rings is 2. The van der Waals surface area contributed by atoms with Crippen molar-refractivity contribution in [3.8, 4) is 5.69 Å². The van der Waals surface area contributed by atoms with Crippen LogP contribution in [0.25, 0.3) is 16.6 Å². The van der Waals surface area contributed by atoms with Crippen LogP contribution in [0.5, 0.6) is 0 Å². The molecule has 148 valence electrons. The summed E-state index contributed by atoms with van der Waals surface area (Å²) in [5, 5.41) is 0.942. The van der Waals surface area contributed by atoms with E-state index < -0.39 is 10.0 Å². The maximum Gasteiger partial charge on any atom is 0.261 e. The minimum atomic E-state index is -3.66. The Kier molecular flexibility index (Phi) is 4.67. The number of fused-ring (bicyclic) bond motifs is 1. The van der Waals surface area contributed by atoms with Crippen molar-refractivity contribution >= 4 is 26.6 Å². The van der Waals surface area contributed by atoms with Gasteiger partial charge in [-0.1, -0.05) is 32.9 Å². The number of nitrogens with one attached hydrogen (secondary N) is 1. The molecule has 1 N–H and O–H groups in total. The molecule has 0 spiro atoms. The van der Waals surface area contributed by atoms with E-state index in [1.54, 1.807) is 30.6 Å². The second-order valence-electron chi connectivity index (χ2n) is 8.05. The van der Waals surface area contributed by atoms with Crippen LogP contribution >= 0.6 is 0 Å². The Morgan fingerprint density at radius 3 is 2.38 bits per heavy atom. The highest BCUT2D eigenvalue weighted by molar-refractivity contribution is 7.92. The molecule has 0 fully saturated rings. The fourth-order valence-electron chi connectivity index (χ4n) is 3.28. The van der Waals surface area contributed by atoms with Gasteiger partial charge in [0.1, 0.15) is 0 Å². The predicted octanol–water partition coefficient (Wildman–Crippen LogP) is 5.12. The third-order valence-corrected chi connectivity index (χ3v) is 6.29. The number of nitrogens with zero attached hydrogens (tertiary/aromatic N) is 2. The van der Waals surface area contributed by atoms with Crippen LogP contribution in [0.15, 0.2) is 84.1 Å². The van der Waals surface area contributed by atoms with Gasteiger partial charge in [-0.25, -0.2) is 8.42 Å². The first kappa shape index (κ1) is 19.2. The number of aromatic nitrogens is 2. The molecule has 0 atom stereocenters. The lowest BCUT2D eigenvalue weighted by molar-refractivity contribution is 0.587. The van der Waals surface area contributed by atoms with Crippen LogP contribution in [0.1, 0.15) is 26.3 Å². The molecule has 0 bridgehead atoms. The molecule has 0 unspecified atom stereocenters. The fourth-order valence-corrected chi connectivity index (χ4v) is 4.33. The predicted molar refractivity (Wildman–Crippen MR) is 117 cm³/mol. The standard InChI is InChI=1S/C23H23N3O2S/c1-23(2,3)18-6-9-21(10-7-18)29(27,28)25-19-8-11-22-17(15-19)12-14-26(22)20-5-4-13-24-16-20/h4-16,25H,1-3H3. The van der Waals surface area contributed by atoms with E-state index in [1.165, 1.54) is 0 Å². The van der Waals surface area contributed by atoms with Gasteiger partial charge in [0, 0.05) is 23.5 Å². The molecule has 4 aromatic rings. The highest BCUT2D eigenvalue weighted by Gasteiger charge is 2.18. The molecule has 0 aliphatic carbocycles. The minimum Gasteiger partial charge on any atom is -0.315 e. The molecule has 5 nitrogen and oxygen atoms in total. The fraction of sp³-hybridized carbons (Fsp3) is 0.174. The SMILES string of the molecule is CC(C)(C)c1ccc(S(=O)(=O)Nc2ccc3c(ccn3-c3cccnc3)c2)cc1. The van der Waals surface area contributed by atoms with Gasteiger partial charge >= 0.3 is 0 Å². The highest BCUT2D eigenvalue weighted by Crippen LogP contribution is 2.26. The van der Waals surface area contributed by atoms with E-state index in [1.807, 2.05) is 53.2 Å². The van der Waals surface area contributed by atoms with Gasteiger partial charge in [0.2, 0.25) is 0 Å². The molecule has 0 aliphatic heterocycles. The molecule has 29 heavy (non-hydrogen) atoms. The summed E-state index contributed by atoms with van der Waals surface area (Å²) < 4.78 is 30.3. The van der Waals surface area contributed by atoms with Crippen LogP contribution in [0.4, 0.5) is 5.69 Å². The number of sulfonamides is 1. The third kappa shape index (κ3) is 3.89. The number of hydrogen-bond donors (Lipinski definition) is 1. The Hall–Kier alpha value is -3.12. The highest BCUT2D eigenvalue weighted by atomic mass is 32.2. The Morgan fingerprint density at radius 1 is 0.966 bits per heavy atom. The van der Waals surface area contributed by atoms with Crippen LogP contribution in [0.2, 0.25) is 0 Å². The van der Waals surface area contributed by atoms with Crippen molar-refractivity contribution in [1.29, 1.82) is 0 Å². The summed E-state index contributed by atoms with van der Waals surface area (Å²) in [6, 6.07) is 18.4. The molecule has 0 saturated heterocycles. The van der Waals surface area contributed by atoms with E-state index in [4.69, 9.17) is 0 Å². The summed E-state index contributed by atoms with van der Waals surface area (Å²) in [6.45, 7) is 6.30. The Bertz CT molecular complexity index is 1250. The molecule has 0 radical (unpaired) electrons. The minimum absolute atomic E-state index is 0.0256. The average molecular weight is 406 g/mol. The van der Waals surface area contributed by atoms with Gasteiger partial charge in [-0.15, -0.1) is 0 Å². The lowest BCUT2D eigenvalue weighted by Crippen LogP contribution is -2.14. The first-order valence-electron chi connectivity index (χ1n) is 9.39. The van der Waals surface area contributed by atoms with Gasteiger partial charge < -0.3 is 4.57 Å². The Morgan fingerprint density at radius 2 is 1.72 bits per heavy atom. The van der Waals surface area contributed by atoms with Crippen LogP contribution in [-0.2, 0) is 15.4 Å². The molecule has 2 aromatic heterocycles. The molecule has 2 aromatic carbocycles. The van der Waals surface area contributed by atoms with E-state index in [0.29, 0.717) is 5.69 Å². The lowest BCUT2D eigenvalue weighted by Gasteiger charge is -2.19. The second kappa shape index (κ2) is 7.04. The summed E-state index contributed by atoms with van der Waals surface area (Å²) in [6.07, 6.45) is 5.47. The normalized spacial score (nSPS) is 12.2. The maximum absolute atomic E-state index is 12.8. The summed E-state index contributed by atoms with van der Waals surface area (Å²) in [5.41, 5.74) is 3.53. The topological polar surface area (TPSA) is 64.0 Å². The van der Waals surface area contributed by atoms with E-state index in [2.05, 4.69) is 30.5 Å². The maximum atomic E-state index is 12.8. The summed E-state index contributed by atoms with van der Waals surface area (Å²) in [5.74, 6) is 0. The Balaban J connectivity index is 1.62. The van der Waals surface area contributed by atoms with Crippen molar-refractivity contribution in [2.45, 2.75) is 31.1 Å². The quantitative estimate of drug-likeness (QED) is 0.512. The van der Waals surface area contributed by atoms with Crippen molar-refractivity contribution in [2.75, 3.05) is 4.72 Å². The summed E-state index contributed by atoms with van der Waals surface area (Å²) in [4.78, 5) is 4.40. The van der Waals surface area contributed by atoms with Crippen molar-refractivity contribution in [3.63, 3.8) is 0 Å². The first-order valence-corrected chi connectivity index (χ1v) is 10.9. The lowest BCUT2D eigenvalue weighted by atomic mass is 9.87. The van der Waals surface area contributed by atoms with Crippen LogP contribution in [-0.4, -0.2) is 18.0 Å². The zero-order valence-electron chi connectivity index (χ0n) is 16.6. The van der Waals surface area contributed by atoms with Gasteiger partial charge in [0.25, 0.3) is 10.0 Å². The smallest absolute Gasteiger partial charge is 0.261 e. The number of pyridine rings is 1. The zero-order chi connectivity index (χ0) is 20.6. The summed E-state index contributed by atoms with van der Waals surface area (Å²) >= 11 is 0. The molecule has 0 aliphatic rings. The van der Waals surface area contributed by atoms with Gasteiger partial charge in [-0.3, -0.25) is 9.71 Å². The second-order valence-corrected chi connectivity index (χ2v) is 9.73. The zero-order valence-corrected chi connectivity index (χ0v) is 17.4. The molecule has 0 amide bonds. The third-order valence-electron chi connectivity index (χ3n) is 4.90.